The van der Waals surface area contributed by atoms with Gasteiger partial charge in [0.1, 0.15) is 0 Å². The van der Waals surface area contributed by atoms with Crippen molar-refractivity contribution in [1.82, 2.24) is 4.57 Å². The van der Waals surface area contributed by atoms with E-state index in [-0.39, 0.29) is 21.9 Å². The third-order valence-electron chi connectivity index (χ3n) is 4.22. The van der Waals surface area contributed by atoms with E-state index in [0.717, 1.165) is 9.40 Å². The van der Waals surface area contributed by atoms with E-state index in [1.54, 1.807) is 29.7 Å². The third kappa shape index (κ3) is 2.64. The molecule has 3 rings (SSSR count). The first-order chi connectivity index (χ1) is 10.9. The van der Waals surface area contributed by atoms with Gasteiger partial charge in [-0.2, -0.15) is 0 Å². The summed E-state index contributed by atoms with van der Waals surface area (Å²) in [5, 5.41) is 1.31. The lowest BCUT2D eigenvalue weighted by atomic mass is 9.94. The Kier molecular flexibility index (Phi) is 3.81. The number of rotatable bonds is 0. The standard InChI is InChI=1S/C19H23NO2S2/c1-18(2,3)12-8-10-14(23-12)15-11(17(22)20(7)16(10)21)9-13(24-15)19(4,5)6/h8-9H,1-7H3. The zero-order valence-corrected chi connectivity index (χ0v) is 16.9. The van der Waals surface area contributed by atoms with Crippen LogP contribution in [0.1, 0.15) is 51.3 Å². The summed E-state index contributed by atoms with van der Waals surface area (Å²) in [4.78, 5) is 27.8. The highest BCUT2D eigenvalue weighted by molar-refractivity contribution is 7.27. The van der Waals surface area contributed by atoms with Gasteiger partial charge in [-0.05, 0) is 23.0 Å². The number of nitrogens with zero attached hydrogens (tertiary/aromatic N) is 1. The van der Waals surface area contributed by atoms with Crippen LogP contribution < -0.4 is 11.1 Å². The van der Waals surface area contributed by atoms with Crippen molar-refractivity contribution in [3.05, 3.63) is 42.6 Å². The van der Waals surface area contributed by atoms with Crippen LogP contribution in [0.15, 0.2) is 21.7 Å². The van der Waals surface area contributed by atoms with Gasteiger partial charge in [-0.15, -0.1) is 22.7 Å². The van der Waals surface area contributed by atoms with E-state index in [4.69, 9.17) is 0 Å². The number of aromatic nitrogens is 1. The molecule has 0 saturated heterocycles. The molecule has 3 heterocycles. The van der Waals surface area contributed by atoms with Gasteiger partial charge in [0.15, 0.2) is 0 Å². The van der Waals surface area contributed by atoms with Gasteiger partial charge in [-0.1, -0.05) is 41.5 Å². The summed E-state index contributed by atoms with van der Waals surface area (Å²) in [6, 6.07) is 3.94. The number of thiophene rings is 2. The minimum absolute atomic E-state index is 0.0238. The molecule has 128 valence electrons. The van der Waals surface area contributed by atoms with Crippen molar-refractivity contribution in [1.29, 1.82) is 0 Å². The van der Waals surface area contributed by atoms with E-state index in [0.29, 0.717) is 10.8 Å². The van der Waals surface area contributed by atoms with E-state index in [1.807, 2.05) is 12.1 Å². The van der Waals surface area contributed by atoms with Crippen molar-refractivity contribution in [3.63, 3.8) is 0 Å². The topological polar surface area (TPSA) is 39.1 Å². The molecular weight excluding hydrogens is 338 g/mol. The van der Waals surface area contributed by atoms with Crippen LogP contribution in [0.4, 0.5) is 0 Å². The van der Waals surface area contributed by atoms with Crippen LogP contribution in [0.5, 0.6) is 0 Å². The van der Waals surface area contributed by atoms with Gasteiger partial charge < -0.3 is 0 Å². The molecule has 0 unspecified atom stereocenters. The normalized spacial score (nSPS) is 13.1. The minimum Gasteiger partial charge on any atom is -0.277 e. The lowest BCUT2D eigenvalue weighted by Gasteiger charge is -2.15. The first-order valence-electron chi connectivity index (χ1n) is 8.02. The zero-order chi connectivity index (χ0) is 18.0. The number of fused-ring (bicyclic) bond motifs is 3. The summed E-state index contributed by atoms with van der Waals surface area (Å²) in [5.41, 5.74) is -0.460. The molecule has 5 heteroatoms. The SMILES string of the molecule is Cn1c(=O)c2cc(C(C)(C)C)sc2c2sc(C(C)(C)C)cc2c1=O. The molecule has 24 heavy (non-hydrogen) atoms. The van der Waals surface area contributed by atoms with E-state index in [9.17, 15) is 9.59 Å². The van der Waals surface area contributed by atoms with E-state index in [2.05, 4.69) is 41.5 Å². The molecule has 0 N–H and O–H groups in total. The Morgan fingerprint density at radius 1 is 0.750 bits per heavy atom. The van der Waals surface area contributed by atoms with Crippen molar-refractivity contribution < 1.29 is 0 Å². The maximum Gasteiger partial charge on any atom is 0.261 e. The molecule has 0 aliphatic carbocycles. The minimum atomic E-state index is -0.206. The first kappa shape index (κ1) is 17.4. The molecule has 0 radical (unpaired) electrons. The molecule has 0 fully saturated rings. The molecule has 0 saturated carbocycles. The van der Waals surface area contributed by atoms with Gasteiger partial charge >= 0.3 is 0 Å². The van der Waals surface area contributed by atoms with Crippen molar-refractivity contribution in [2.45, 2.75) is 52.4 Å². The Morgan fingerprint density at radius 3 is 1.38 bits per heavy atom. The average molecular weight is 362 g/mol. The molecule has 0 atom stereocenters. The van der Waals surface area contributed by atoms with Crippen molar-refractivity contribution >= 4 is 42.8 Å². The van der Waals surface area contributed by atoms with Gasteiger partial charge in [-0.25, -0.2) is 0 Å². The van der Waals surface area contributed by atoms with Crippen molar-refractivity contribution in [2.24, 2.45) is 7.05 Å². The summed E-state index contributed by atoms with van der Waals surface area (Å²) in [5.74, 6) is 0. The molecule has 0 aliphatic rings. The number of hydrogen-bond donors (Lipinski definition) is 0. The second-order valence-corrected chi connectivity index (χ2v) is 10.5. The van der Waals surface area contributed by atoms with Crippen LogP contribution in [0.25, 0.3) is 20.2 Å². The van der Waals surface area contributed by atoms with E-state index in [1.165, 1.54) is 14.3 Å². The van der Waals surface area contributed by atoms with Crippen molar-refractivity contribution in [3.8, 4) is 0 Å². The van der Waals surface area contributed by atoms with Gasteiger partial charge in [0.25, 0.3) is 11.1 Å². The maximum absolute atomic E-state index is 12.8. The fourth-order valence-corrected chi connectivity index (χ4v) is 5.20. The third-order valence-corrected chi connectivity index (χ3v) is 7.50. The molecule has 0 amide bonds. The van der Waals surface area contributed by atoms with Gasteiger partial charge in [0.05, 0.1) is 20.2 Å². The predicted molar refractivity (Wildman–Crippen MR) is 106 cm³/mol. The van der Waals surface area contributed by atoms with Crippen LogP contribution in [0.3, 0.4) is 0 Å². The highest BCUT2D eigenvalue weighted by Crippen LogP contribution is 2.40. The van der Waals surface area contributed by atoms with Crippen LogP contribution in [-0.2, 0) is 17.9 Å². The lowest BCUT2D eigenvalue weighted by Crippen LogP contribution is -2.26. The molecule has 0 aromatic carbocycles. The van der Waals surface area contributed by atoms with Crippen LogP contribution in [0.2, 0.25) is 0 Å². The largest absolute Gasteiger partial charge is 0.277 e. The summed E-state index contributed by atoms with van der Waals surface area (Å²) in [6.45, 7) is 12.9. The van der Waals surface area contributed by atoms with Crippen LogP contribution in [0, 0.1) is 0 Å². The van der Waals surface area contributed by atoms with E-state index < -0.39 is 0 Å². The Morgan fingerprint density at radius 2 is 1.08 bits per heavy atom. The van der Waals surface area contributed by atoms with Gasteiger partial charge in [-0.3, -0.25) is 14.2 Å². The van der Waals surface area contributed by atoms with Gasteiger partial charge in [0, 0.05) is 16.8 Å². The average Bonchev–Trinajstić information content (AvgIpc) is 3.05. The molecular formula is C19H23NO2S2. The summed E-state index contributed by atoms with van der Waals surface area (Å²) >= 11 is 3.28. The summed E-state index contributed by atoms with van der Waals surface area (Å²) in [7, 11) is 1.58. The highest BCUT2D eigenvalue weighted by atomic mass is 32.1. The molecule has 0 spiro atoms. The Labute approximate surface area is 149 Å². The predicted octanol–water partition coefficient (Wildman–Crippen LogP) is 4.77. The smallest absolute Gasteiger partial charge is 0.261 e. The Bertz CT molecular complexity index is 984. The molecule has 3 aromatic heterocycles. The molecule has 3 aromatic rings. The fraction of sp³-hybridized carbons (Fsp3) is 0.474. The zero-order valence-electron chi connectivity index (χ0n) is 15.2. The fourth-order valence-electron chi connectivity index (χ4n) is 2.63. The first-order valence-corrected chi connectivity index (χ1v) is 9.66. The monoisotopic (exact) mass is 361 g/mol. The molecule has 0 aliphatic heterocycles. The lowest BCUT2D eigenvalue weighted by molar-refractivity contribution is 0.604. The summed E-state index contributed by atoms with van der Waals surface area (Å²) < 4.78 is 3.14. The van der Waals surface area contributed by atoms with Crippen LogP contribution >= 0.6 is 22.7 Å². The molecule has 0 bridgehead atoms. The quantitative estimate of drug-likeness (QED) is 0.578. The second-order valence-electron chi connectivity index (χ2n) is 8.38. The molecule has 3 nitrogen and oxygen atoms in total. The Balaban J connectivity index is 2.59. The maximum atomic E-state index is 12.8. The highest BCUT2D eigenvalue weighted by Gasteiger charge is 2.23. The van der Waals surface area contributed by atoms with Gasteiger partial charge in [0.2, 0.25) is 0 Å². The number of hydrogen-bond acceptors (Lipinski definition) is 4. The van der Waals surface area contributed by atoms with E-state index >= 15 is 0 Å². The summed E-state index contributed by atoms with van der Waals surface area (Å²) in [6.07, 6.45) is 0. The second kappa shape index (κ2) is 5.27. The van der Waals surface area contributed by atoms with Crippen molar-refractivity contribution in [2.75, 3.05) is 0 Å². The Hall–Kier alpha value is -1.46. The van der Waals surface area contributed by atoms with Crippen LogP contribution in [-0.4, -0.2) is 4.57 Å².